The molecule has 6 heteroatoms. The van der Waals surface area contributed by atoms with Gasteiger partial charge in [-0.25, -0.2) is 4.79 Å². The lowest BCUT2D eigenvalue weighted by atomic mass is 10.1. The number of ether oxygens (including phenoxy) is 1. The van der Waals surface area contributed by atoms with Crippen molar-refractivity contribution in [2.75, 3.05) is 13.7 Å². The molecule has 0 radical (unpaired) electrons. The van der Waals surface area contributed by atoms with E-state index in [4.69, 9.17) is 15.6 Å². The highest BCUT2D eigenvalue weighted by atomic mass is 16.5. The SMILES string of the molecule is COCC(NC(=O)[C@H](N)Cc1ccccc1)C(=O)O. The van der Waals surface area contributed by atoms with Gasteiger partial charge in [0.15, 0.2) is 6.04 Å². The predicted molar refractivity (Wildman–Crippen MR) is 69.6 cm³/mol. The summed E-state index contributed by atoms with van der Waals surface area (Å²) in [5.41, 5.74) is 6.67. The van der Waals surface area contributed by atoms with Gasteiger partial charge in [-0.2, -0.15) is 0 Å². The van der Waals surface area contributed by atoms with E-state index in [1.165, 1.54) is 7.11 Å². The molecular formula is C13H18N2O4. The summed E-state index contributed by atoms with van der Waals surface area (Å²) in [4.78, 5) is 22.7. The maximum Gasteiger partial charge on any atom is 0.328 e. The van der Waals surface area contributed by atoms with Crippen LogP contribution in [0.1, 0.15) is 5.56 Å². The lowest BCUT2D eigenvalue weighted by Gasteiger charge is -2.17. The summed E-state index contributed by atoms with van der Waals surface area (Å²) >= 11 is 0. The van der Waals surface area contributed by atoms with Crippen LogP contribution in [0.2, 0.25) is 0 Å². The van der Waals surface area contributed by atoms with Gasteiger partial charge in [-0.05, 0) is 12.0 Å². The minimum atomic E-state index is -1.15. The monoisotopic (exact) mass is 266 g/mol. The number of carbonyl (C=O) groups excluding carboxylic acids is 1. The Morgan fingerprint density at radius 1 is 1.37 bits per heavy atom. The summed E-state index contributed by atoms with van der Waals surface area (Å²) in [6.45, 7) is -0.0981. The number of amides is 1. The molecule has 0 heterocycles. The van der Waals surface area contributed by atoms with E-state index in [9.17, 15) is 9.59 Å². The fraction of sp³-hybridized carbons (Fsp3) is 0.385. The van der Waals surface area contributed by atoms with Crippen molar-refractivity contribution in [2.24, 2.45) is 5.73 Å². The van der Waals surface area contributed by atoms with Crippen molar-refractivity contribution in [3.8, 4) is 0 Å². The van der Waals surface area contributed by atoms with E-state index in [-0.39, 0.29) is 6.61 Å². The van der Waals surface area contributed by atoms with Gasteiger partial charge in [0.2, 0.25) is 5.91 Å². The Hall–Kier alpha value is -1.92. The fourth-order valence-corrected chi connectivity index (χ4v) is 1.58. The number of nitrogens with two attached hydrogens (primary N) is 1. The largest absolute Gasteiger partial charge is 0.480 e. The molecular weight excluding hydrogens is 248 g/mol. The Kier molecular flexibility index (Phi) is 5.98. The first-order valence-electron chi connectivity index (χ1n) is 5.86. The molecule has 0 saturated carbocycles. The van der Waals surface area contributed by atoms with Crippen molar-refractivity contribution in [3.63, 3.8) is 0 Å². The van der Waals surface area contributed by atoms with E-state index < -0.39 is 24.0 Å². The molecule has 0 aliphatic carbocycles. The molecule has 1 rings (SSSR count). The van der Waals surface area contributed by atoms with E-state index >= 15 is 0 Å². The average Bonchev–Trinajstić information content (AvgIpc) is 2.39. The van der Waals surface area contributed by atoms with Gasteiger partial charge in [0, 0.05) is 7.11 Å². The zero-order valence-corrected chi connectivity index (χ0v) is 10.7. The number of methoxy groups -OCH3 is 1. The van der Waals surface area contributed by atoms with Crippen LogP contribution in [0.15, 0.2) is 30.3 Å². The van der Waals surface area contributed by atoms with Crippen molar-refractivity contribution in [1.82, 2.24) is 5.32 Å². The van der Waals surface area contributed by atoms with Gasteiger partial charge in [-0.1, -0.05) is 30.3 Å². The third kappa shape index (κ3) is 5.07. The van der Waals surface area contributed by atoms with Crippen molar-refractivity contribution < 1.29 is 19.4 Å². The van der Waals surface area contributed by atoms with E-state index in [0.29, 0.717) is 6.42 Å². The number of carbonyl (C=O) groups is 2. The van der Waals surface area contributed by atoms with Crippen LogP contribution in [0.25, 0.3) is 0 Å². The molecule has 0 aliphatic rings. The standard InChI is InChI=1S/C13H18N2O4/c1-19-8-11(13(17)18)15-12(16)10(14)7-9-5-3-2-4-6-9/h2-6,10-11H,7-8,14H2,1H3,(H,15,16)(H,17,18)/t10-,11?/m1/s1. The predicted octanol–water partition coefficient (Wildman–Crippen LogP) is -0.228. The Labute approximate surface area is 111 Å². The molecule has 0 aromatic heterocycles. The molecule has 104 valence electrons. The number of hydrogen-bond donors (Lipinski definition) is 3. The molecule has 4 N–H and O–H groups in total. The molecule has 2 atom stereocenters. The summed E-state index contributed by atoms with van der Waals surface area (Å²) in [7, 11) is 1.37. The molecule has 1 amide bonds. The first kappa shape index (κ1) is 15.1. The zero-order chi connectivity index (χ0) is 14.3. The molecule has 0 bridgehead atoms. The lowest BCUT2D eigenvalue weighted by molar-refractivity contribution is -0.143. The first-order valence-corrected chi connectivity index (χ1v) is 5.86. The van der Waals surface area contributed by atoms with E-state index in [2.05, 4.69) is 5.32 Å². The number of carboxylic acid groups (broad SMARTS) is 1. The Bertz CT molecular complexity index is 422. The molecule has 1 aromatic rings. The first-order chi connectivity index (χ1) is 9.04. The van der Waals surface area contributed by atoms with Crippen LogP contribution in [-0.2, 0) is 20.7 Å². The van der Waals surface area contributed by atoms with Crippen LogP contribution >= 0.6 is 0 Å². The number of rotatable bonds is 7. The molecule has 0 saturated heterocycles. The van der Waals surface area contributed by atoms with Gasteiger partial charge in [0.1, 0.15) is 0 Å². The van der Waals surface area contributed by atoms with E-state index in [1.807, 2.05) is 30.3 Å². The molecule has 6 nitrogen and oxygen atoms in total. The third-order valence-corrected chi connectivity index (χ3v) is 2.58. The zero-order valence-electron chi connectivity index (χ0n) is 10.7. The van der Waals surface area contributed by atoms with Crippen molar-refractivity contribution in [1.29, 1.82) is 0 Å². The minimum Gasteiger partial charge on any atom is -0.480 e. The normalized spacial score (nSPS) is 13.6. The summed E-state index contributed by atoms with van der Waals surface area (Å²) in [6, 6.07) is 7.42. The fourth-order valence-electron chi connectivity index (χ4n) is 1.58. The molecule has 19 heavy (non-hydrogen) atoms. The molecule has 1 unspecified atom stereocenters. The van der Waals surface area contributed by atoms with Crippen LogP contribution in [0.3, 0.4) is 0 Å². The third-order valence-electron chi connectivity index (χ3n) is 2.58. The second-order valence-electron chi connectivity index (χ2n) is 4.15. The van der Waals surface area contributed by atoms with Crippen LogP contribution in [-0.4, -0.2) is 42.8 Å². The second-order valence-corrected chi connectivity index (χ2v) is 4.15. The highest BCUT2D eigenvalue weighted by Crippen LogP contribution is 2.02. The second kappa shape index (κ2) is 7.50. The summed E-state index contributed by atoms with van der Waals surface area (Å²) in [6.07, 6.45) is 0.353. The minimum absolute atomic E-state index is 0.0981. The van der Waals surface area contributed by atoms with Gasteiger partial charge in [-0.15, -0.1) is 0 Å². The van der Waals surface area contributed by atoms with Crippen molar-refractivity contribution in [2.45, 2.75) is 18.5 Å². The van der Waals surface area contributed by atoms with Crippen LogP contribution in [0.5, 0.6) is 0 Å². The highest BCUT2D eigenvalue weighted by molar-refractivity contribution is 5.87. The maximum absolute atomic E-state index is 11.8. The number of nitrogens with one attached hydrogen (secondary N) is 1. The summed E-state index contributed by atoms with van der Waals surface area (Å²) in [5.74, 6) is -1.66. The topological polar surface area (TPSA) is 102 Å². The summed E-state index contributed by atoms with van der Waals surface area (Å²) < 4.78 is 4.73. The smallest absolute Gasteiger partial charge is 0.328 e. The van der Waals surface area contributed by atoms with Gasteiger partial charge in [-0.3, -0.25) is 4.79 Å². The van der Waals surface area contributed by atoms with Crippen LogP contribution in [0.4, 0.5) is 0 Å². The van der Waals surface area contributed by atoms with Crippen molar-refractivity contribution >= 4 is 11.9 Å². The van der Waals surface area contributed by atoms with Gasteiger partial charge in [0.05, 0.1) is 12.6 Å². The Balaban J connectivity index is 2.54. The van der Waals surface area contributed by atoms with E-state index in [0.717, 1.165) is 5.56 Å². The number of hydrogen-bond acceptors (Lipinski definition) is 4. The van der Waals surface area contributed by atoms with E-state index in [1.54, 1.807) is 0 Å². The number of carboxylic acids is 1. The Morgan fingerprint density at radius 3 is 2.53 bits per heavy atom. The van der Waals surface area contributed by atoms with Crippen LogP contribution < -0.4 is 11.1 Å². The molecule has 0 fully saturated rings. The molecule has 0 spiro atoms. The quantitative estimate of drug-likeness (QED) is 0.633. The molecule has 0 aliphatic heterocycles. The van der Waals surface area contributed by atoms with Gasteiger partial charge in [0.25, 0.3) is 0 Å². The molecule has 1 aromatic carbocycles. The summed E-state index contributed by atoms with van der Waals surface area (Å²) in [5, 5.41) is 11.2. The van der Waals surface area contributed by atoms with Gasteiger partial charge < -0.3 is 20.9 Å². The number of aliphatic carboxylic acids is 1. The Morgan fingerprint density at radius 2 is 2.00 bits per heavy atom. The van der Waals surface area contributed by atoms with Crippen LogP contribution in [0, 0.1) is 0 Å². The van der Waals surface area contributed by atoms with Gasteiger partial charge >= 0.3 is 5.97 Å². The van der Waals surface area contributed by atoms with Crippen molar-refractivity contribution in [3.05, 3.63) is 35.9 Å². The maximum atomic E-state index is 11.8. The lowest BCUT2D eigenvalue weighted by Crippen LogP contribution is -2.50. The number of benzene rings is 1. The average molecular weight is 266 g/mol. The highest BCUT2D eigenvalue weighted by Gasteiger charge is 2.23.